The van der Waals surface area contributed by atoms with Crippen LogP contribution in [-0.2, 0) is 15.0 Å². The van der Waals surface area contributed by atoms with Crippen LogP contribution in [0, 0.1) is 18.3 Å². The third-order valence-corrected chi connectivity index (χ3v) is 10.9. The van der Waals surface area contributed by atoms with Crippen molar-refractivity contribution in [2.45, 2.75) is 64.0 Å². The monoisotopic (exact) mass is 688 g/mol. The summed E-state index contributed by atoms with van der Waals surface area (Å²) in [7, 11) is 1.58. The molecule has 10 nitrogen and oxygen atoms in total. The van der Waals surface area contributed by atoms with E-state index in [-0.39, 0.29) is 41.0 Å². The van der Waals surface area contributed by atoms with Crippen molar-refractivity contribution in [1.82, 2.24) is 5.32 Å². The number of hydrogen-bond donors (Lipinski definition) is 5. The number of benzene rings is 4. The molecule has 0 radical (unpaired) electrons. The number of methoxy groups -OCH3 is 1. The van der Waals surface area contributed by atoms with Crippen molar-refractivity contribution < 1.29 is 29.0 Å². The van der Waals surface area contributed by atoms with Gasteiger partial charge in [0.1, 0.15) is 5.75 Å². The number of para-hydroxylation sites is 1. The van der Waals surface area contributed by atoms with E-state index in [4.69, 9.17) is 4.74 Å². The minimum absolute atomic E-state index is 0.0298. The summed E-state index contributed by atoms with van der Waals surface area (Å²) < 4.78 is 5.50. The van der Waals surface area contributed by atoms with Gasteiger partial charge < -0.3 is 25.8 Å². The molecule has 4 aromatic carbocycles. The molecule has 0 saturated heterocycles. The van der Waals surface area contributed by atoms with Gasteiger partial charge in [0, 0.05) is 29.5 Å². The number of carbonyl (C=O) groups is 4. The van der Waals surface area contributed by atoms with E-state index in [1.807, 2.05) is 62.4 Å². The fourth-order valence-corrected chi connectivity index (χ4v) is 8.13. The number of ether oxygens (including phenoxy) is 1. The average Bonchev–Trinajstić information content (AvgIpc) is 3.63. The van der Waals surface area contributed by atoms with Gasteiger partial charge in [0.15, 0.2) is 5.78 Å². The molecule has 0 aromatic heterocycles. The van der Waals surface area contributed by atoms with Crippen molar-refractivity contribution in [2.24, 2.45) is 11.3 Å². The van der Waals surface area contributed by atoms with E-state index in [0.29, 0.717) is 29.2 Å². The number of urea groups is 1. The largest absolute Gasteiger partial charge is 0.497 e. The van der Waals surface area contributed by atoms with Gasteiger partial charge in [-0.15, -0.1) is 0 Å². The van der Waals surface area contributed by atoms with Gasteiger partial charge in [-0.05, 0) is 109 Å². The highest BCUT2D eigenvalue weighted by Gasteiger charge is 2.79. The second-order valence-corrected chi connectivity index (χ2v) is 14.4. The smallest absolute Gasteiger partial charge is 0.335 e. The third kappa shape index (κ3) is 6.71. The number of nitrogens with one attached hydrogen (secondary N) is 4. The van der Waals surface area contributed by atoms with Crippen LogP contribution in [0.1, 0.15) is 73.1 Å². The van der Waals surface area contributed by atoms with E-state index in [1.54, 1.807) is 55.6 Å². The molecule has 4 unspecified atom stereocenters. The fourth-order valence-electron chi connectivity index (χ4n) is 8.13. The molecule has 2 fully saturated rings. The van der Waals surface area contributed by atoms with Gasteiger partial charge in [-0.3, -0.25) is 14.9 Å². The molecular weight excluding hydrogens is 644 g/mol. The summed E-state index contributed by atoms with van der Waals surface area (Å²) >= 11 is 0. The molecule has 4 atom stereocenters. The van der Waals surface area contributed by atoms with Crippen LogP contribution in [0.5, 0.6) is 5.75 Å². The highest BCUT2D eigenvalue weighted by molar-refractivity contribution is 6.04. The van der Waals surface area contributed by atoms with E-state index in [0.717, 1.165) is 23.1 Å². The van der Waals surface area contributed by atoms with Crippen LogP contribution in [0.4, 0.5) is 21.9 Å². The molecule has 4 aromatic rings. The number of anilines is 3. The van der Waals surface area contributed by atoms with Crippen molar-refractivity contribution in [3.63, 3.8) is 0 Å². The molecule has 0 aliphatic heterocycles. The molecule has 5 N–H and O–H groups in total. The van der Waals surface area contributed by atoms with Crippen molar-refractivity contribution in [3.05, 3.63) is 119 Å². The van der Waals surface area contributed by atoms with Crippen LogP contribution in [0.15, 0.2) is 97.1 Å². The van der Waals surface area contributed by atoms with Crippen molar-refractivity contribution >= 4 is 40.8 Å². The zero-order valence-corrected chi connectivity index (χ0v) is 29.5. The molecular formula is C41H44N4O6. The number of amides is 3. The van der Waals surface area contributed by atoms with Crippen LogP contribution in [0.25, 0.3) is 0 Å². The van der Waals surface area contributed by atoms with E-state index in [2.05, 4.69) is 35.1 Å². The summed E-state index contributed by atoms with van der Waals surface area (Å²) in [4.78, 5) is 52.5. The minimum Gasteiger partial charge on any atom is -0.497 e. The molecule has 10 heteroatoms. The Kier molecular flexibility index (Phi) is 9.48. The van der Waals surface area contributed by atoms with Gasteiger partial charge in [-0.1, -0.05) is 56.3 Å². The Labute approximate surface area is 298 Å². The summed E-state index contributed by atoms with van der Waals surface area (Å²) in [5, 5.41) is 21.7. The second kappa shape index (κ2) is 13.7. The van der Waals surface area contributed by atoms with Crippen LogP contribution < -0.4 is 26.0 Å². The van der Waals surface area contributed by atoms with Gasteiger partial charge in [-0.25, -0.2) is 9.59 Å². The maximum Gasteiger partial charge on any atom is 0.335 e. The van der Waals surface area contributed by atoms with Crippen LogP contribution in [0.2, 0.25) is 0 Å². The van der Waals surface area contributed by atoms with Gasteiger partial charge in [0.25, 0.3) is 0 Å². The number of carboxylic acid groups (broad SMARTS) is 1. The molecule has 6 rings (SSSR count). The van der Waals surface area contributed by atoms with Crippen LogP contribution >= 0.6 is 0 Å². The van der Waals surface area contributed by atoms with Crippen molar-refractivity contribution in [2.75, 3.05) is 23.1 Å². The number of aromatic carboxylic acids is 1. The van der Waals surface area contributed by atoms with Crippen molar-refractivity contribution in [3.8, 4) is 5.75 Å². The zero-order chi connectivity index (χ0) is 36.6. The highest BCUT2D eigenvalue weighted by Crippen LogP contribution is 2.74. The number of Topliss-reactive ketones (excluding diaryl/α,β-unsaturated/α-hetero) is 1. The quantitative estimate of drug-likeness (QED) is 0.108. The Morgan fingerprint density at radius 3 is 2.18 bits per heavy atom. The average molecular weight is 689 g/mol. The first kappa shape index (κ1) is 35.3. The SMILES string of the molecule is COc1cccc(C(CC(=O)Nc2ccc(NC(=O)Nc3ccccc3C)cc2)NC2(C)CCC3C(C)(C)C3(c3ccc(C(=O)O)cc3)C2=O)c1. The number of fused-ring (bicyclic) bond motifs is 1. The van der Waals surface area contributed by atoms with E-state index in [9.17, 15) is 24.3 Å². The summed E-state index contributed by atoms with van der Waals surface area (Å²) in [6, 6.07) is 27.6. The molecule has 51 heavy (non-hydrogen) atoms. The maximum absolute atomic E-state index is 14.8. The molecule has 2 saturated carbocycles. The van der Waals surface area contributed by atoms with E-state index < -0.39 is 23.0 Å². The lowest BCUT2D eigenvalue weighted by Gasteiger charge is -2.41. The molecule has 0 bridgehead atoms. The molecule has 0 spiro atoms. The van der Waals surface area contributed by atoms with Crippen molar-refractivity contribution in [1.29, 1.82) is 0 Å². The number of aryl methyl sites for hydroxylation is 1. The number of hydrogen-bond acceptors (Lipinski definition) is 6. The lowest BCUT2D eigenvalue weighted by Crippen LogP contribution is -2.58. The zero-order valence-electron chi connectivity index (χ0n) is 29.5. The number of carbonyl (C=O) groups excluding carboxylic acids is 3. The number of ketones is 1. The van der Waals surface area contributed by atoms with Crippen LogP contribution in [-0.4, -0.2) is 41.4 Å². The summed E-state index contributed by atoms with van der Waals surface area (Å²) in [6.07, 6.45) is 1.41. The van der Waals surface area contributed by atoms with Gasteiger partial charge in [0.05, 0.1) is 23.6 Å². The topological polar surface area (TPSA) is 146 Å². The first-order valence-electron chi connectivity index (χ1n) is 17.1. The number of rotatable bonds is 11. The van der Waals surface area contributed by atoms with Crippen LogP contribution in [0.3, 0.4) is 0 Å². The lowest BCUT2D eigenvalue weighted by molar-refractivity contribution is -0.131. The fraction of sp³-hybridized carbons (Fsp3) is 0.317. The molecule has 2 aliphatic rings. The predicted molar refractivity (Wildman–Crippen MR) is 197 cm³/mol. The Morgan fingerprint density at radius 1 is 0.863 bits per heavy atom. The summed E-state index contributed by atoms with van der Waals surface area (Å²) in [5.74, 6) is -0.480. The van der Waals surface area contributed by atoms with Gasteiger partial charge >= 0.3 is 12.0 Å². The highest BCUT2D eigenvalue weighted by atomic mass is 16.5. The first-order valence-corrected chi connectivity index (χ1v) is 17.1. The number of carboxylic acids is 1. The maximum atomic E-state index is 14.8. The Bertz CT molecular complexity index is 1970. The van der Waals surface area contributed by atoms with Gasteiger partial charge in [-0.2, -0.15) is 0 Å². The summed E-state index contributed by atoms with van der Waals surface area (Å²) in [6.45, 7) is 8.05. The lowest BCUT2D eigenvalue weighted by atomic mass is 9.70. The Hall–Kier alpha value is -5.48. The second-order valence-electron chi connectivity index (χ2n) is 14.4. The minimum atomic E-state index is -1.01. The predicted octanol–water partition coefficient (Wildman–Crippen LogP) is 7.72. The molecule has 264 valence electrons. The molecule has 0 heterocycles. The van der Waals surface area contributed by atoms with Gasteiger partial charge in [0.2, 0.25) is 5.91 Å². The Balaban J connectivity index is 1.19. The van der Waals surface area contributed by atoms with E-state index >= 15 is 0 Å². The molecule has 3 amide bonds. The Morgan fingerprint density at radius 2 is 1.53 bits per heavy atom. The standard InChI is InChI=1S/C41H44N4O6/c1-25-9-6-7-12-32(25)44-38(50)43-30-19-17-29(18-20-30)42-35(46)24-33(27-10-8-11-31(23-27)51-5)45-40(4)22-21-34-39(2,3)41(34,37(40)49)28-15-13-26(14-16-28)36(47)48/h6-20,23,33-34,45H,21-22,24H2,1-5H3,(H,42,46)(H,47,48)(H2,43,44,50). The first-order chi connectivity index (χ1) is 24.3. The van der Waals surface area contributed by atoms with E-state index in [1.165, 1.54) is 0 Å². The third-order valence-electron chi connectivity index (χ3n) is 10.9. The summed E-state index contributed by atoms with van der Waals surface area (Å²) in [5.41, 5.74) is 2.50. The normalized spacial score (nSPS) is 22.2. The molecule has 2 aliphatic carbocycles.